The van der Waals surface area contributed by atoms with Gasteiger partial charge in [-0.1, -0.05) is 18.2 Å². The van der Waals surface area contributed by atoms with Crippen molar-refractivity contribution >= 4 is 22.6 Å². The first kappa shape index (κ1) is 13.2. The minimum absolute atomic E-state index is 0.0238. The summed E-state index contributed by atoms with van der Waals surface area (Å²) in [6.07, 6.45) is 0. The molecular formula is C16H15N3O2. The van der Waals surface area contributed by atoms with Crippen LogP contribution < -0.4 is 10.1 Å². The highest BCUT2D eigenvalue weighted by Crippen LogP contribution is 2.17. The Morgan fingerprint density at radius 3 is 2.86 bits per heavy atom. The number of rotatable bonds is 4. The van der Waals surface area contributed by atoms with Crippen LogP contribution in [-0.4, -0.2) is 22.5 Å². The Hall–Kier alpha value is -2.82. The van der Waals surface area contributed by atoms with Gasteiger partial charge in [0.2, 0.25) is 0 Å². The minimum Gasteiger partial charge on any atom is -0.484 e. The number of carbonyl (C=O) groups is 1. The van der Waals surface area contributed by atoms with Crippen LogP contribution in [0.4, 0.5) is 5.69 Å². The van der Waals surface area contributed by atoms with E-state index in [-0.39, 0.29) is 12.5 Å². The van der Waals surface area contributed by atoms with E-state index in [9.17, 15) is 4.79 Å². The fourth-order valence-corrected chi connectivity index (χ4v) is 2.08. The zero-order chi connectivity index (χ0) is 14.7. The molecule has 0 saturated carbocycles. The third-order valence-corrected chi connectivity index (χ3v) is 3.00. The molecule has 2 aromatic carbocycles. The van der Waals surface area contributed by atoms with E-state index in [1.54, 1.807) is 0 Å². The van der Waals surface area contributed by atoms with Gasteiger partial charge in [-0.05, 0) is 37.3 Å². The number of carbonyl (C=O) groups excluding carboxylic acids is 1. The van der Waals surface area contributed by atoms with E-state index in [0.717, 1.165) is 16.9 Å². The number of amides is 1. The first-order valence-electron chi connectivity index (χ1n) is 6.65. The van der Waals surface area contributed by atoms with Crippen LogP contribution in [0, 0.1) is 6.92 Å². The quantitative estimate of drug-likeness (QED) is 0.772. The lowest BCUT2D eigenvalue weighted by atomic mass is 10.3. The van der Waals surface area contributed by atoms with Gasteiger partial charge in [0.05, 0.1) is 11.0 Å². The topological polar surface area (TPSA) is 67.0 Å². The lowest BCUT2D eigenvalue weighted by Crippen LogP contribution is -2.20. The zero-order valence-corrected chi connectivity index (χ0v) is 11.6. The number of hydrogen-bond donors (Lipinski definition) is 2. The molecule has 0 fully saturated rings. The zero-order valence-electron chi connectivity index (χ0n) is 11.6. The van der Waals surface area contributed by atoms with Gasteiger partial charge in [0, 0.05) is 5.69 Å². The van der Waals surface area contributed by atoms with E-state index < -0.39 is 0 Å². The molecule has 0 saturated heterocycles. The average molecular weight is 281 g/mol. The summed E-state index contributed by atoms with van der Waals surface area (Å²) in [4.78, 5) is 19.3. The van der Waals surface area contributed by atoms with Crippen molar-refractivity contribution in [3.63, 3.8) is 0 Å². The van der Waals surface area contributed by atoms with Crippen LogP contribution >= 0.6 is 0 Å². The number of benzene rings is 2. The SMILES string of the molecule is Cc1nc2ccc(NC(=O)COc3ccccc3)cc2[nH]1. The van der Waals surface area contributed by atoms with Crippen LogP contribution in [0.5, 0.6) is 5.75 Å². The average Bonchev–Trinajstić information content (AvgIpc) is 2.85. The normalized spacial score (nSPS) is 10.5. The van der Waals surface area contributed by atoms with Crippen molar-refractivity contribution in [2.75, 3.05) is 11.9 Å². The number of aromatic amines is 1. The molecule has 0 bridgehead atoms. The molecule has 0 aliphatic heterocycles. The highest BCUT2D eigenvalue weighted by molar-refractivity contribution is 5.93. The Kier molecular flexibility index (Phi) is 3.55. The standard InChI is InChI=1S/C16H15N3O2/c1-11-17-14-8-7-12(9-15(14)18-11)19-16(20)10-21-13-5-3-2-4-6-13/h2-9H,10H2,1H3,(H,17,18)(H,19,20). The lowest BCUT2D eigenvalue weighted by Gasteiger charge is -2.07. The number of nitrogens with zero attached hydrogens (tertiary/aromatic N) is 1. The number of ether oxygens (including phenoxy) is 1. The first-order valence-corrected chi connectivity index (χ1v) is 6.65. The molecule has 0 spiro atoms. The Balaban J connectivity index is 1.63. The summed E-state index contributed by atoms with van der Waals surface area (Å²) >= 11 is 0. The molecule has 3 aromatic rings. The number of imidazole rings is 1. The second-order valence-corrected chi connectivity index (χ2v) is 4.70. The van der Waals surface area contributed by atoms with Crippen LogP contribution in [0.25, 0.3) is 11.0 Å². The number of para-hydroxylation sites is 1. The molecule has 0 aliphatic rings. The van der Waals surface area contributed by atoms with E-state index >= 15 is 0 Å². The van der Waals surface area contributed by atoms with Crippen molar-refractivity contribution in [3.8, 4) is 5.75 Å². The first-order chi connectivity index (χ1) is 10.2. The van der Waals surface area contributed by atoms with Crippen molar-refractivity contribution in [2.45, 2.75) is 6.92 Å². The molecule has 1 amide bonds. The van der Waals surface area contributed by atoms with Gasteiger partial charge in [0.1, 0.15) is 11.6 Å². The van der Waals surface area contributed by atoms with Crippen LogP contribution in [0.1, 0.15) is 5.82 Å². The molecule has 5 heteroatoms. The molecule has 2 N–H and O–H groups in total. The maximum atomic E-state index is 11.9. The van der Waals surface area contributed by atoms with Crippen molar-refractivity contribution < 1.29 is 9.53 Å². The summed E-state index contributed by atoms with van der Waals surface area (Å²) < 4.78 is 5.40. The number of anilines is 1. The molecule has 0 radical (unpaired) electrons. The number of nitrogens with one attached hydrogen (secondary N) is 2. The Morgan fingerprint density at radius 2 is 2.05 bits per heavy atom. The molecule has 3 rings (SSSR count). The second kappa shape index (κ2) is 5.66. The van der Waals surface area contributed by atoms with E-state index in [2.05, 4.69) is 15.3 Å². The van der Waals surface area contributed by atoms with Crippen LogP contribution in [0.2, 0.25) is 0 Å². The molecule has 5 nitrogen and oxygen atoms in total. The molecule has 0 aliphatic carbocycles. The van der Waals surface area contributed by atoms with Gasteiger partial charge in [0.15, 0.2) is 6.61 Å². The van der Waals surface area contributed by atoms with Crippen molar-refractivity contribution in [1.29, 1.82) is 0 Å². The Bertz CT molecular complexity index is 766. The molecule has 0 unspecified atom stereocenters. The smallest absolute Gasteiger partial charge is 0.262 e. The van der Waals surface area contributed by atoms with Gasteiger partial charge >= 0.3 is 0 Å². The molecular weight excluding hydrogens is 266 g/mol. The third kappa shape index (κ3) is 3.20. The Morgan fingerprint density at radius 1 is 1.24 bits per heavy atom. The maximum absolute atomic E-state index is 11.9. The number of H-pyrrole nitrogens is 1. The summed E-state index contributed by atoms with van der Waals surface area (Å²) in [5.41, 5.74) is 2.49. The summed E-state index contributed by atoms with van der Waals surface area (Å²) in [6, 6.07) is 14.8. The fraction of sp³-hybridized carbons (Fsp3) is 0.125. The lowest BCUT2D eigenvalue weighted by molar-refractivity contribution is -0.118. The monoisotopic (exact) mass is 281 g/mol. The van der Waals surface area contributed by atoms with Crippen molar-refractivity contribution in [1.82, 2.24) is 9.97 Å². The summed E-state index contributed by atoms with van der Waals surface area (Å²) in [5.74, 6) is 1.32. The second-order valence-electron chi connectivity index (χ2n) is 4.70. The van der Waals surface area contributed by atoms with Crippen LogP contribution in [0.15, 0.2) is 48.5 Å². The van der Waals surface area contributed by atoms with E-state index in [0.29, 0.717) is 11.4 Å². The number of fused-ring (bicyclic) bond motifs is 1. The van der Waals surface area contributed by atoms with Crippen LogP contribution in [-0.2, 0) is 4.79 Å². The molecule has 106 valence electrons. The van der Waals surface area contributed by atoms with Gasteiger partial charge in [-0.15, -0.1) is 0 Å². The van der Waals surface area contributed by atoms with E-state index in [1.807, 2.05) is 55.5 Å². The minimum atomic E-state index is -0.200. The van der Waals surface area contributed by atoms with Gasteiger partial charge < -0.3 is 15.0 Å². The molecule has 0 atom stereocenters. The highest BCUT2D eigenvalue weighted by Gasteiger charge is 2.05. The van der Waals surface area contributed by atoms with Gasteiger partial charge in [0.25, 0.3) is 5.91 Å². The summed E-state index contributed by atoms with van der Waals surface area (Å²) in [5, 5.41) is 2.80. The third-order valence-electron chi connectivity index (χ3n) is 3.00. The predicted molar refractivity (Wildman–Crippen MR) is 81.4 cm³/mol. The van der Waals surface area contributed by atoms with Gasteiger partial charge in [-0.25, -0.2) is 4.98 Å². The van der Waals surface area contributed by atoms with E-state index in [1.165, 1.54) is 0 Å². The summed E-state index contributed by atoms with van der Waals surface area (Å²) in [6.45, 7) is 1.87. The number of aromatic nitrogens is 2. The number of hydrogen-bond acceptors (Lipinski definition) is 3. The van der Waals surface area contributed by atoms with Crippen molar-refractivity contribution in [3.05, 3.63) is 54.4 Å². The van der Waals surface area contributed by atoms with Crippen molar-refractivity contribution in [2.24, 2.45) is 0 Å². The maximum Gasteiger partial charge on any atom is 0.262 e. The largest absolute Gasteiger partial charge is 0.484 e. The molecule has 21 heavy (non-hydrogen) atoms. The van der Waals surface area contributed by atoms with Gasteiger partial charge in [-0.3, -0.25) is 4.79 Å². The summed E-state index contributed by atoms with van der Waals surface area (Å²) in [7, 11) is 0. The molecule has 1 heterocycles. The molecule has 1 aromatic heterocycles. The number of aryl methyl sites for hydroxylation is 1. The highest BCUT2D eigenvalue weighted by atomic mass is 16.5. The Labute approximate surface area is 122 Å². The predicted octanol–water partition coefficient (Wildman–Crippen LogP) is 2.89. The van der Waals surface area contributed by atoms with Gasteiger partial charge in [-0.2, -0.15) is 0 Å². The van der Waals surface area contributed by atoms with E-state index in [4.69, 9.17) is 4.74 Å². The van der Waals surface area contributed by atoms with Crippen LogP contribution in [0.3, 0.4) is 0 Å². The fourth-order valence-electron chi connectivity index (χ4n) is 2.08.